The van der Waals surface area contributed by atoms with Crippen molar-refractivity contribution in [3.63, 3.8) is 0 Å². The summed E-state index contributed by atoms with van der Waals surface area (Å²) in [5.41, 5.74) is 0. The summed E-state index contributed by atoms with van der Waals surface area (Å²) in [6.07, 6.45) is 31.5. The van der Waals surface area contributed by atoms with E-state index in [4.69, 9.17) is 10.2 Å². The molecule has 0 fully saturated rings. The van der Waals surface area contributed by atoms with Crippen molar-refractivity contribution < 1.29 is 15.0 Å². The number of aliphatic hydroxyl groups is 1. The second kappa shape index (κ2) is 19.9. The molecule has 25 heavy (non-hydrogen) atoms. The van der Waals surface area contributed by atoms with Gasteiger partial charge < -0.3 is 10.2 Å². The second-order valence-corrected chi connectivity index (χ2v) is 5.65. The van der Waals surface area contributed by atoms with Gasteiger partial charge in [0.1, 0.15) is 0 Å². The highest BCUT2D eigenvalue weighted by atomic mass is 16.4. The first-order chi connectivity index (χ1) is 12.3. The molecule has 138 valence electrons. The largest absolute Gasteiger partial charge is 0.478 e. The van der Waals surface area contributed by atoms with Crippen LogP contribution in [0.1, 0.15) is 51.4 Å². The van der Waals surface area contributed by atoms with Crippen molar-refractivity contribution in [3.05, 3.63) is 72.9 Å². The van der Waals surface area contributed by atoms with Gasteiger partial charge in [-0.2, -0.15) is 0 Å². The molecule has 3 heteroatoms. The number of carbonyl (C=O) groups is 1. The van der Waals surface area contributed by atoms with Crippen LogP contribution in [0.15, 0.2) is 72.9 Å². The summed E-state index contributed by atoms with van der Waals surface area (Å²) in [5.74, 6) is -0.944. The van der Waals surface area contributed by atoms with Crippen LogP contribution >= 0.6 is 0 Å². The molecule has 0 heterocycles. The Bertz CT molecular complexity index is 480. The lowest BCUT2D eigenvalue weighted by Gasteiger charge is -1.99. The number of carboxylic acid groups (broad SMARTS) is 1. The third-order valence-corrected chi connectivity index (χ3v) is 3.40. The zero-order valence-corrected chi connectivity index (χ0v) is 15.1. The maximum atomic E-state index is 10.2. The number of allylic oxidation sites excluding steroid dienone is 11. The summed E-state index contributed by atoms with van der Waals surface area (Å²) in [4.78, 5) is 10.2. The van der Waals surface area contributed by atoms with Crippen LogP contribution in [0.25, 0.3) is 0 Å². The summed E-state index contributed by atoms with van der Waals surface area (Å²) < 4.78 is 0. The lowest BCUT2D eigenvalue weighted by atomic mass is 10.1. The van der Waals surface area contributed by atoms with Gasteiger partial charge in [-0.25, -0.2) is 4.79 Å². The number of hydrogen-bond acceptors (Lipinski definition) is 2. The minimum Gasteiger partial charge on any atom is -0.478 e. The van der Waals surface area contributed by atoms with E-state index in [-0.39, 0.29) is 0 Å². The second-order valence-electron chi connectivity index (χ2n) is 5.65. The molecular formula is C22H32O3. The highest BCUT2D eigenvalue weighted by Gasteiger charge is 1.90. The molecule has 2 N–H and O–H groups in total. The topological polar surface area (TPSA) is 57.5 Å². The Balaban J connectivity index is 3.54. The summed E-state index contributed by atoms with van der Waals surface area (Å²) in [6.45, 7) is 0.326. The van der Waals surface area contributed by atoms with Crippen molar-refractivity contribution in [3.8, 4) is 0 Å². The normalized spacial score (nSPS) is 13.0. The van der Waals surface area contributed by atoms with Crippen LogP contribution in [0.5, 0.6) is 0 Å². The average Bonchev–Trinajstić information content (AvgIpc) is 2.60. The number of carboxylic acids is 1. The molecule has 0 aromatic rings. The van der Waals surface area contributed by atoms with E-state index in [0.717, 1.165) is 25.3 Å². The van der Waals surface area contributed by atoms with Gasteiger partial charge >= 0.3 is 5.97 Å². The third-order valence-electron chi connectivity index (χ3n) is 3.40. The number of rotatable bonds is 15. The smallest absolute Gasteiger partial charge is 0.328 e. The lowest BCUT2D eigenvalue weighted by Crippen LogP contribution is -1.84. The maximum Gasteiger partial charge on any atom is 0.328 e. The third kappa shape index (κ3) is 21.9. The average molecular weight is 344 g/mol. The van der Waals surface area contributed by atoms with Crippen molar-refractivity contribution in [2.75, 3.05) is 6.61 Å². The van der Waals surface area contributed by atoms with Crippen molar-refractivity contribution in [1.82, 2.24) is 0 Å². The molecule has 0 rings (SSSR count). The fourth-order valence-electron chi connectivity index (χ4n) is 2.08. The highest BCUT2D eigenvalue weighted by molar-refractivity contribution is 5.80. The monoisotopic (exact) mass is 344 g/mol. The van der Waals surface area contributed by atoms with Gasteiger partial charge in [-0.05, 0) is 19.3 Å². The molecule has 0 spiro atoms. The molecule has 0 aliphatic carbocycles. The standard InChI is InChI=1S/C22H32O3/c23-21-19-17-15-13-11-9-7-5-3-1-2-4-6-8-10-12-14-16-18-20-22(24)25/h1-4,6,8,10,12,14,16,18,20,23H,5,7,9,11,13,15,17,19,21H2,(H,24,25). The van der Waals surface area contributed by atoms with Crippen LogP contribution in [0.4, 0.5) is 0 Å². The van der Waals surface area contributed by atoms with Crippen molar-refractivity contribution in [2.24, 2.45) is 0 Å². The number of aliphatic carboxylic acids is 1. The predicted molar refractivity (Wildman–Crippen MR) is 106 cm³/mol. The van der Waals surface area contributed by atoms with Crippen LogP contribution in [-0.2, 0) is 4.79 Å². The summed E-state index contributed by atoms with van der Waals surface area (Å²) in [7, 11) is 0. The van der Waals surface area contributed by atoms with Gasteiger partial charge in [0.25, 0.3) is 0 Å². The lowest BCUT2D eigenvalue weighted by molar-refractivity contribution is -0.131. The van der Waals surface area contributed by atoms with Crippen LogP contribution in [0.3, 0.4) is 0 Å². The molecule has 0 unspecified atom stereocenters. The molecule has 0 atom stereocenters. The number of unbranched alkanes of at least 4 members (excludes halogenated alkanes) is 7. The van der Waals surface area contributed by atoms with Crippen LogP contribution in [0.2, 0.25) is 0 Å². The molecule has 3 nitrogen and oxygen atoms in total. The summed E-state index contributed by atoms with van der Waals surface area (Å²) >= 11 is 0. The Morgan fingerprint density at radius 3 is 1.56 bits per heavy atom. The quantitative estimate of drug-likeness (QED) is 0.233. The van der Waals surface area contributed by atoms with Crippen molar-refractivity contribution in [1.29, 1.82) is 0 Å². The Kier molecular flexibility index (Phi) is 18.2. The van der Waals surface area contributed by atoms with E-state index >= 15 is 0 Å². The van der Waals surface area contributed by atoms with E-state index in [9.17, 15) is 4.79 Å². The molecule has 0 radical (unpaired) electrons. The van der Waals surface area contributed by atoms with Crippen LogP contribution < -0.4 is 0 Å². The Hall–Kier alpha value is -2.13. The van der Waals surface area contributed by atoms with Crippen molar-refractivity contribution in [2.45, 2.75) is 51.4 Å². The number of hydrogen-bond donors (Lipinski definition) is 2. The molecule has 0 amide bonds. The fraction of sp³-hybridized carbons (Fsp3) is 0.409. The Morgan fingerprint density at radius 1 is 0.600 bits per heavy atom. The van der Waals surface area contributed by atoms with E-state index in [1.54, 1.807) is 12.2 Å². The van der Waals surface area contributed by atoms with Crippen LogP contribution in [-0.4, -0.2) is 22.8 Å². The first kappa shape index (κ1) is 22.9. The van der Waals surface area contributed by atoms with E-state index in [1.165, 1.54) is 38.2 Å². The molecule has 0 saturated carbocycles. The number of aliphatic hydroxyl groups excluding tert-OH is 1. The first-order valence-electron chi connectivity index (χ1n) is 9.11. The predicted octanol–water partition coefficient (Wildman–Crippen LogP) is 5.52. The molecule has 0 aromatic heterocycles. The molecular weight excluding hydrogens is 312 g/mol. The summed E-state index contributed by atoms with van der Waals surface area (Å²) in [5, 5.41) is 17.1. The Labute approximate surface area is 152 Å². The summed E-state index contributed by atoms with van der Waals surface area (Å²) in [6, 6.07) is 0. The molecule has 0 saturated heterocycles. The zero-order chi connectivity index (χ0) is 18.4. The van der Waals surface area contributed by atoms with E-state index in [1.807, 2.05) is 36.5 Å². The molecule has 0 aliphatic heterocycles. The fourth-order valence-corrected chi connectivity index (χ4v) is 2.08. The minimum atomic E-state index is -0.944. The van der Waals surface area contributed by atoms with Gasteiger partial charge in [-0.1, -0.05) is 98.9 Å². The van der Waals surface area contributed by atoms with Gasteiger partial charge in [-0.3, -0.25) is 0 Å². The minimum absolute atomic E-state index is 0.326. The SMILES string of the molecule is O=C(O)C=CC=CC=CC=CC=CC=CCCCCCCCCCO. The van der Waals surface area contributed by atoms with E-state index < -0.39 is 5.97 Å². The Morgan fingerprint density at radius 2 is 1.04 bits per heavy atom. The van der Waals surface area contributed by atoms with Gasteiger partial charge in [0.2, 0.25) is 0 Å². The van der Waals surface area contributed by atoms with Gasteiger partial charge in [0, 0.05) is 12.7 Å². The van der Waals surface area contributed by atoms with Gasteiger partial charge in [0.05, 0.1) is 0 Å². The van der Waals surface area contributed by atoms with Crippen LogP contribution in [0, 0.1) is 0 Å². The van der Waals surface area contributed by atoms with E-state index in [2.05, 4.69) is 12.2 Å². The first-order valence-corrected chi connectivity index (χ1v) is 9.11. The van der Waals surface area contributed by atoms with E-state index in [0.29, 0.717) is 6.61 Å². The van der Waals surface area contributed by atoms with Gasteiger partial charge in [-0.15, -0.1) is 0 Å². The zero-order valence-electron chi connectivity index (χ0n) is 15.1. The van der Waals surface area contributed by atoms with Gasteiger partial charge in [0.15, 0.2) is 0 Å². The molecule has 0 aliphatic rings. The molecule has 0 bridgehead atoms. The maximum absolute atomic E-state index is 10.2. The highest BCUT2D eigenvalue weighted by Crippen LogP contribution is 2.08. The van der Waals surface area contributed by atoms with Crippen molar-refractivity contribution >= 4 is 5.97 Å². The molecule has 0 aromatic carbocycles.